The molecule has 0 radical (unpaired) electrons. The van der Waals surface area contributed by atoms with Crippen LogP contribution in [0.15, 0.2) is 109 Å². The molecule has 0 amide bonds. The van der Waals surface area contributed by atoms with Gasteiger partial charge in [-0.05, 0) is 70.5 Å². The van der Waals surface area contributed by atoms with Crippen molar-refractivity contribution in [2.24, 2.45) is 0 Å². The van der Waals surface area contributed by atoms with Gasteiger partial charge in [0.2, 0.25) is 0 Å². The normalized spacial score (nSPS) is 18.1. The molecule has 0 aliphatic carbocycles. The molecular formula is C42H47F4IN2O4S2. The van der Waals surface area contributed by atoms with Crippen molar-refractivity contribution in [3.05, 3.63) is 155 Å². The molecule has 6 nitrogen and oxygen atoms in total. The summed E-state index contributed by atoms with van der Waals surface area (Å²) in [7, 11) is -6.30. The molecule has 4 aromatic rings. The fourth-order valence-electron chi connectivity index (χ4n) is 6.61. The predicted molar refractivity (Wildman–Crippen MR) is 223 cm³/mol. The lowest BCUT2D eigenvalue weighted by atomic mass is 10.0. The molecule has 3 atom stereocenters. The highest BCUT2D eigenvalue weighted by Gasteiger charge is 2.32. The van der Waals surface area contributed by atoms with Crippen LogP contribution in [0.25, 0.3) is 11.1 Å². The van der Waals surface area contributed by atoms with E-state index in [0.717, 1.165) is 35.4 Å². The molecule has 55 heavy (non-hydrogen) atoms. The van der Waals surface area contributed by atoms with E-state index in [0.29, 0.717) is 37.3 Å². The molecule has 6 rings (SSSR count). The van der Waals surface area contributed by atoms with Crippen LogP contribution in [0.4, 0.5) is 17.6 Å². The molecule has 0 saturated heterocycles. The Labute approximate surface area is 336 Å². The van der Waals surface area contributed by atoms with E-state index < -0.39 is 48.2 Å². The summed E-state index contributed by atoms with van der Waals surface area (Å²) >= 11 is 2.15. The minimum Gasteiger partial charge on any atom is -0.288 e. The SMILES string of the molecule is CCS(=O)(=O)C(C)CN1CC(c2cc(F)ccc2F)=C[C@H]1c1ccccc1.CCS(=O)(=O)CCN1CC(c2cc(F)ccc2F)=C[C@H]1c1ccccc1.CI. The van der Waals surface area contributed by atoms with Crippen LogP contribution in [0.2, 0.25) is 0 Å². The summed E-state index contributed by atoms with van der Waals surface area (Å²) in [6.45, 7) is 6.36. The molecule has 0 N–H and O–H groups in total. The van der Waals surface area contributed by atoms with Crippen LogP contribution in [-0.2, 0) is 19.7 Å². The maximum atomic E-state index is 14.3. The van der Waals surface area contributed by atoms with Gasteiger partial charge < -0.3 is 0 Å². The van der Waals surface area contributed by atoms with Crippen molar-refractivity contribution in [2.45, 2.75) is 38.1 Å². The molecule has 0 saturated carbocycles. The van der Waals surface area contributed by atoms with Gasteiger partial charge in [0, 0.05) is 48.8 Å². The fraction of sp³-hybridized carbons (Fsp3) is 0.333. The summed E-state index contributed by atoms with van der Waals surface area (Å²) in [5, 5.41) is -0.543. The van der Waals surface area contributed by atoms with Gasteiger partial charge >= 0.3 is 0 Å². The third kappa shape index (κ3) is 11.8. The van der Waals surface area contributed by atoms with Crippen LogP contribution in [-0.4, -0.2) is 80.3 Å². The summed E-state index contributed by atoms with van der Waals surface area (Å²) in [6, 6.07) is 25.7. The monoisotopic (exact) mass is 910 g/mol. The molecule has 2 aliphatic rings. The third-order valence-corrected chi connectivity index (χ3v) is 13.6. The number of hydrogen-bond donors (Lipinski definition) is 0. The number of rotatable bonds is 12. The first-order valence-corrected chi connectivity index (χ1v) is 23.6. The van der Waals surface area contributed by atoms with Crippen molar-refractivity contribution < 1.29 is 34.4 Å². The summed E-state index contributed by atoms with van der Waals surface area (Å²) in [5.41, 5.74) is 3.78. The van der Waals surface area contributed by atoms with Gasteiger partial charge in [0.1, 0.15) is 23.3 Å². The maximum Gasteiger partial charge on any atom is 0.153 e. The molecule has 0 bridgehead atoms. The molecule has 2 heterocycles. The van der Waals surface area contributed by atoms with E-state index in [1.165, 1.54) is 12.1 Å². The van der Waals surface area contributed by atoms with Crippen LogP contribution in [0.3, 0.4) is 0 Å². The Hall–Kier alpha value is -3.37. The first-order chi connectivity index (χ1) is 26.2. The second-order valence-electron chi connectivity index (χ2n) is 13.2. The topological polar surface area (TPSA) is 74.8 Å². The van der Waals surface area contributed by atoms with E-state index in [-0.39, 0.29) is 40.5 Å². The number of benzene rings is 4. The molecule has 13 heteroatoms. The van der Waals surface area contributed by atoms with E-state index in [2.05, 4.69) is 22.6 Å². The zero-order chi connectivity index (χ0) is 40.3. The van der Waals surface area contributed by atoms with Crippen molar-refractivity contribution in [1.29, 1.82) is 0 Å². The van der Waals surface area contributed by atoms with Gasteiger partial charge in [-0.3, -0.25) is 9.80 Å². The number of hydrogen-bond acceptors (Lipinski definition) is 6. The molecule has 4 aromatic carbocycles. The Morgan fingerprint density at radius 1 is 0.655 bits per heavy atom. The third-order valence-electron chi connectivity index (χ3n) is 9.72. The van der Waals surface area contributed by atoms with Crippen LogP contribution < -0.4 is 0 Å². The fourth-order valence-corrected chi connectivity index (χ4v) is 8.40. The summed E-state index contributed by atoms with van der Waals surface area (Å²) in [4.78, 5) is 5.97. The summed E-state index contributed by atoms with van der Waals surface area (Å²) in [6.07, 6.45) is 3.80. The highest BCUT2D eigenvalue weighted by molar-refractivity contribution is 14.1. The average Bonchev–Trinajstić information content (AvgIpc) is 3.82. The van der Waals surface area contributed by atoms with E-state index in [1.54, 1.807) is 20.8 Å². The lowest BCUT2D eigenvalue weighted by Crippen LogP contribution is -2.36. The van der Waals surface area contributed by atoms with Crippen LogP contribution in [0.1, 0.15) is 55.1 Å². The highest BCUT2D eigenvalue weighted by Crippen LogP contribution is 2.37. The largest absolute Gasteiger partial charge is 0.288 e. The minimum absolute atomic E-state index is 0.0413. The molecule has 0 spiro atoms. The van der Waals surface area contributed by atoms with Crippen LogP contribution in [0, 0.1) is 23.3 Å². The second-order valence-corrected chi connectivity index (χ2v) is 18.4. The first kappa shape index (κ1) is 44.3. The zero-order valence-corrected chi connectivity index (χ0v) is 35.1. The van der Waals surface area contributed by atoms with Crippen molar-refractivity contribution in [1.82, 2.24) is 9.80 Å². The second kappa shape index (κ2) is 20.2. The number of nitrogens with zero attached hydrogens (tertiary/aromatic N) is 2. The van der Waals surface area contributed by atoms with Gasteiger partial charge in [-0.15, -0.1) is 0 Å². The zero-order valence-electron chi connectivity index (χ0n) is 31.3. The maximum absolute atomic E-state index is 14.3. The Kier molecular flexibility index (Phi) is 16.3. The van der Waals surface area contributed by atoms with Gasteiger partial charge in [0.25, 0.3) is 0 Å². The van der Waals surface area contributed by atoms with Crippen molar-refractivity contribution in [3.63, 3.8) is 0 Å². The quantitative estimate of drug-likeness (QED) is 0.0803. The smallest absolute Gasteiger partial charge is 0.153 e. The minimum atomic E-state index is -3.19. The lowest BCUT2D eigenvalue weighted by molar-refractivity contribution is 0.278. The Bertz CT molecular complexity index is 2170. The van der Waals surface area contributed by atoms with Crippen LogP contribution >= 0.6 is 22.6 Å². The van der Waals surface area contributed by atoms with Gasteiger partial charge in [-0.25, -0.2) is 34.4 Å². The van der Waals surface area contributed by atoms with E-state index in [9.17, 15) is 34.4 Å². The molecule has 296 valence electrons. The predicted octanol–water partition coefficient (Wildman–Crippen LogP) is 9.12. The first-order valence-electron chi connectivity index (χ1n) is 17.9. The van der Waals surface area contributed by atoms with Crippen molar-refractivity contribution in [2.75, 3.05) is 48.4 Å². The number of sulfone groups is 2. The Morgan fingerprint density at radius 2 is 1.09 bits per heavy atom. The van der Waals surface area contributed by atoms with Crippen molar-refractivity contribution >= 4 is 53.4 Å². The summed E-state index contributed by atoms with van der Waals surface area (Å²) < 4.78 is 104. The Morgan fingerprint density at radius 3 is 1.53 bits per heavy atom. The molecule has 0 aromatic heterocycles. The molecule has 0 fully saturated rings. The molecule has 2 aliphatic heterocycles. The Balaban J connectivity index is 0.000000234. The average molecular weight is 911 g/mol. The highest BCUT2D eigenvalue weighted by atomic mass is 127. The summed E-state index contributed by atoms with van der Waals surface area (Å²) in [5.74, 6) is -1.74. The van der Waals surface area contributed by atoms with E-state index in [4.69, 9.17) is 0 Å². The molecule has 1 unspecified atom stereocenters. The number of halogens is 5. The van der Waals surface area contributed by atoms with Crippen molar-refractivity contribution in [3.8, 4) is 0 Å². The van der Waals surface area contributed by atoms with Gasteiger partial charge in [-0.1, -0.05) is 109 Å². The van der Waals surface area contributed by atoms with Crippen LogP contribution in [0.5, 0.6) is 0 Å². The van der Waals surface area contributed by atoms with Gasteiger partial charge in [-0.2, -0.15) is 0 Å². The van der Waals surface area contributed by atoms with Gasteiger partial charge in [0.05, 0.1) is 23.1 Å². The molecular weight excluding hydrogens is 864 g/mol. The lowest BCUT2D eigenvalue weighted by Gasteiger charge is -2.27. The standard InChI is InChI=1S/C21H23F2NO2S.C20H21F2NO2S.CH3I/c1-3-27(25,26)15(2)13-24-14-17(19-12-18(22)9-10-20(19)23)11-21(24)16-7-5-4-6-8-16;1-2-26(24,25)11-10-23-14-16(18-13-17(21)8-9-19(18)22)12-20(23)15-6-4-3-5-7-15;1-2/h4-12,15,21H,3,13-14H2,1-2H3;3-9,12-13,20H,2,10-11,14H2,1H3;1H3/t15?,21-;20-;/m00./s1. The number of alkyl halides is 1. The van der Waals surface area contributed by atoms with Gasteiger partial charge in [0.15, 0.2) is 19.7 Å². The van der Waals surface area contributed by atoms with E-state index >= 15 is 0 Å². The van der Waals surface area contributed by atoms with E-state index in [1.807, 2.05) is 87.5 Å².